The fourth-order valence-corrected chi connectivity index (χ4v) is 2.55. The van der Waals surface area contributed by atoms with Gasteiger partial charge in [0, 0.05) is 25.0 Å². The molecule has 4 nitrogen and oxygen atoms in total. The standard InChI is InChI=1S/C19H20N2O2/c1-13-9-16-15(11-17(20-16)19(22)21(2)3)18(10-13)23-12-14-7-5-4-6-8-14/h4-11,20H,12H2,1-3H3. The number of aryl methyl sites for hydroxylation is 1. The van der Waals surface area contributed by atoms with Gasteiger partial charge in [0.15, 0.2) is 0 Å². The molecule has 23 heavy (non-hydrogen) atoms. The molecular formula is C19H20N2O2. The maximum atomic E-state index is 12.1. The number of nitrogens with zero attached hydrogens (tertiary/aromatic N) is 1. The number of aromatic amines is 1. The Hall–Kier alpha value is -2.75. The van der Waals surface area contributed by atoms with Crippen molar-refractivity contribution in [3.05, 3.63) is 65.4 Å². The van der Waals surface area contributed by atoms with Gasteiger partial charge < -0.3 is 14.6 Å². The first-order valence-corrected chi connectivity index (χ1v) is 7.56. The van der Waals surface area contributed by atoms with Crippen molar-refractivity contribution >= 4 is 16.8 Å². The monoisotopic (exact) mass is 308 g/mol. The molecular weight excluding hydrogens is 288 g/mol. The van der Waals surface area contributed by atoms with Crippen molar-refractivity contribution in [3.8, 4) is 5.75 Å². The molecule has 0 saturated heterocycles. The average molecular weight is 308 g/mol. The molecule has 0 atom stereocenters. The summed E-state index contributed by atoms with van der Waals surface area (Å²) in [6, 6.07) is 15.9. The number of ether oxygens (including phenoxy) is 1. The molecule has 0 spiro atoms. The predicted octanol–water partition coefficient (Wildman–Crippen LogP) is 3.76. The molecule has 1 amide bonds. The Morgan fingerprint density at radius 1 is 1.13 bits per heavy atom. The van der Waals surface area contributed by atoms with E-state index in [1.807, 2.05) is 55.5 Å². The predicted molar refractivity (Wildman–Crippen MR) is 91.8 cm³/mol. The summed E-state index contributed by atoms with van der Waals surface area (Å²) in [5.74, 6) is 0.741. The zero-order valence-corrected chi connectivity index (χ0v) is 13.6. The number of fused-ring (bicyclic) bond motifs is 1. The van der Waals surface area contributed by atoms with Gasteiger partial charge in [0.25, 0.3) is 5.91 Å². The summed E-state index contributed by atoms with van der Waals surface area (Å²) in [6.07, 6.45) is 0. The van der Waals surface area contributed by atoms with Crippen LogP contribution < -0.4 is 4.74 Å². The van der Waals surface area contributed by atoms with Gasteiger partial charge in [-0.05, 0) is 36.2 Å². The van der Waals surface area contributed by atoms with Crippen LogP contribution in [-0.4, -0.2) is 29.9 Å². The normalized spacial score (nSPS) is 10.7. The molecule has 2 aromatic carbocycles. The lowest BCUT2D eigenvalue weighted by Crippen LogP contribution is -2.21. The molecule has 0 radical (unpaired) electrons. The first-order chi connectivity index (χ1) is 11.0. The molecule has 0 saturated carbocycles. The van der Waals surface area contributed by atoms with E-state index in [0.717, 1.165) is 27.8 Å². The first-order valence-electron chi connectivity index (χ1n) is 7.56. The van der Waals surface area contributed by atoms with Gasteiger partial charge in [0.05, 0.1) is 0 Å². The highest BCUT2D eigenvalue weighted by Crippen LogP contribution is 2.29. The Labute approximate surface area is 135 Å². The van der Waals surface area contributed by atoms with Gasteiger partial charge in [-0.25, -0.2) is 0 Å². The molecule has 0 aliphatic rings. The molecule has 4 heteroatoms. The Balaban J connectivity index is 1.94. The van der Waals surface area contributed by atoms with Gasteiger partial charge in [-0.15, -0.1) is 0 Å². The Kier molecular flexibility index (Phi) is 4.06. The van der Waals surface area contributed by atoms with E-state index in [-0.39, 0.29) is 5.91 Å². The molecule has 0 aliphatic carbocycles. The number of benzene rings is 2. The molecule has 0 aliphatic heterocycles. The van der Waals surface area contributed by atoms with E-state index < -0.39 is 0 Å². The van der Waals surface area contributed by atoms with Gasteiger partial charge in [0.2, 0.25) is 0 Å². The fourth-order valence-electron chi connectivity index (χ4n) is 2.55. The summed E-state index contributed by atoms with van der Waals surface area (Å²) >= 11 is 0. The van der Waals surface area contributed by atoms with Crippen molar-refractivity contribution in [2.45, 2.75) is 13.5 Å². The number of rotatable bonds is 4. The molecule has 1 N–H and O–H groups in total. The second-order valence-corrected chi connectivity index (χ2v) is 5.88. The smallest absolute Gasteiger partial charge is 0.269 e. The fraction of sp³-hybridized carbons (Fsp3) is 0.211. The van der Waals surface area contributed by atoms with Crippen molar-refractivity contribution < 1.29 is 9.53 Å². The SMILES string of the molecule is Cc1cc(OCc2ccccc2)c2cc(C(=O)N(C)C)[nH]c2c1. The summed E-state index contributed by atoms with van der Waals surface area (Å²) in [6.45, 7) is 2.52. The molecule has 0 fully saturated rings. The highest BCUT2D eigenvalue weighted by atomic mass is 16.5. The average Bonchev–Trinajstić information content (AvgIpc) is 2.96. The highest BCUT2D eigenvalue weighted by molar-refractivity contribution is 5.99. The number of nitrogens with one attached hydrogen (secondary N) is 1. The van der Waals surface area contributed by atoms with Gasteiger partial charge >= 0.3 is 0 Å². The second kappa shape index (κ2) is 6.16. The minimum atomic E-state index is -0.0483. The first kappa shape index (κ1) is 15.2. The van der Waals surface area contributed by atoms with Gasteiger partial charge in [0.1, 0.15) is 18.1 Å². The van der Waals surface area contributed by atoms with Crippen molar-refractivity contribution in [3.63, 3.8) is 0 Å². The van der Waals surface area contributed by atoms with Crippen molar-refractivity contribution in [1.82, 2.24) is 9.88 Å². The molecule has 118 valence electrons. The van der Waals surface area contributed by atoms with Crippen molar-refractivity contribution in [2.24, 2.45) is 0 Å². The number of carbonyl (C=O) groups is 1. The number of amides is 1. The summed E-state index contributed by atoms with van der Waals surface area (Å²) in [5.41, 5.74) is 3.69. The second-order valence-electron chi connectivity index (χ2n) is 5.88. The lowest BCUT2D eigenvalue weighted by molar-refractivity contribution is 0.0823. The number of carbonyl (C=O) groups excluding carboxylic acids is 1. The maximum absolute atomic E-state index is 12.1. The van der Waals surface area contributed by atoms with Crippen molar-refractivity contribution in [1.29, 1.82) is 0 Å². The van der Waals surface area contributed by atoms with Crippen LogP contribution in [0.2, 0.25) is 0 Å². The third-order valence-electron chi connectivity index (χ3n) is 3.72. The van der Waals surface area contributed by atoms with Crippen LogP contribution in [0.25, 0.3) is 10.9 Å². The number of hydrogen-bond donors (Lipinski definition) is 1. The van der Waals surface area contributed by atoms with Crippen LogP contribution in [0.4, 0.5) is 0 Å². The van der Waals surface area contributed by atoms with Crippen LogP contribution in [0.5, 0.6) is 5.75 Å². The molecule has 0 bridgehead atoms. The number of H-pyrrole nitrogens is 1. The van der Waals surface area contributed by atoms with Crippen LogP contribution in [0.3, 0.4) is 0 Å². The quantitative estimate of drug-likeness (QED) is 0.797. The topological polar surface area (TPSA) is 45.3 Å². The third-order valence-corrected chi connectivity index (χ3v) is 3.72. The molecule has 1 heterocycles. The van der Waals surface area contributed by atoms with Gasteiger partial charge in [-0.3, -0.25) is 4.79 Å². The minimum Gasteiger partial charge on any atom is -0.488 e. The molecule has 3 rings (SSSR count). The van der Waals surface area contributed by atoms with E-state index >= 15 is 0 Å². The minimum absolute atomic E-state index is 0.0483. The number of hydrogen-bond acceptors (Lipinski definition) is 2. The van der Waals surface area contributed by atoms with E-state index in [1.165, 1.54) is 0 Å². The van der Waals surface area contributed by atoms with Crippen LogP contribution in [0, 0.1) is 6.92 Å². The Bertz CT molecular complexity index is 835. The third kappa shape index (κ3) is 3.21. The summed E-state index contributed by atoms with van der Waals surface area (Å²) in [5, 5.41) is 0.928. The molecule has 1 aromatic heterocycles. The van der Waals surface area contributed by atoms with E-state index in [0.29, 0.717) is 12.3 Å². The van der Waals surface area contributed by atoms with E-state index in [4.69, 9.17) is 4.74 Å². The van der Waals surface area contributed by atoms with Crippen LogP contribution in [0.15, 0.2) is 48.5 Å². The van der Waals surface area contributed by atoms with Gasteiger partial charge in [-0.1, -0.05) is 30.3 Å². The van der Waals surface area contributed by atoms with Crippen molar-refractivity contribution in [2.75, 3.05) is 14.1 Å². The van der Waals surface area contributed by atoms with Crippen LogP contribution in [-0.2, 0) is 6.61 Å². The molecule has 3 aromatic rings. The Morgan fingerprint density at radius 2 is 1.87 bits per heavy atom. The largest absolute Gasteiger partial charge is 0.488 e. The summed E-state index contributed by atoms with van der Waals surface area (Å²) in [7, 11) is 3.48. The lowest BCUT2D eigenvalue weighted by Gasteiger charge is -2.08. The number of aromatic nitrogens is 1. The zero-order chi connectivity index (χ0) is 16.4. The van der Waals surface area contributed by atoms with Gasteiger partial charge in [-0.2, -0.15) is 0 Å². The zero-order valence-electron chi connectivity index (χ0n) is 13.6. The lowest BCUT2D eigenvalue weighted by atomic mass is 10.1. The van der Waals surface area contributed by atoms with E-state index in [2.05, 4.69) is 4.98 Å². The highest BCUT2D eigenvalue weighted by Gasteiger charge is 2.14. The summed E-state index contributed by atoms with van der Waals surface area (Å²) < 4.78 is 5.99. The van der Waals surface area contributed by atoms with Crippen LogP contribution >= 0.6 is 0 Å². The van der Waals surface area contributed by atoms with Crippen LogP contribution in [0.1, 0.15) is 21.6 Å². The summed E-state index contributed by atoms with van der Waals surface area (Å²) in [4.78, 5) is 16.9. The maximum Gasteiger partial charge on any atom is 0.269 e. The van der Waals surface area contributed by atoms with E-state index in [9.17, 15) is 4.79 Å². The van der Waals surface area contributed by atoms with E-state index in [1.54, 1.807) is 19.0 Å². The molecule has 0 unspecified atom stereocenters. The Morgan fingerprint density at radius 3 is 2.57 bits per heavy atom.